The molecule has 1 aromatic carbocycles. The number of fused-ring (bicyclic) bond motifs is 1. The average Bonchev–Trinajstić information content (AvgIpc) is 3.11. The number of rotatable bonds is 4. The number of pyridine rings is 1. The molecule has 1 aliphatic rings. The molecule has 6 nitrogen and oxygen atoms in total. The Kier molecular flexibility index (Phi) is 4.81. The highest BCUT2D eigenvalue weighted by Gasteiger charge is 2.22. The first kappa shape index (κ1) is 17.5. The zero-order valence-corrected chi connectivity index (χ0v) is 15.6. The monoisotopic (exact) mass is 365 g/mol. The maximum atomic E-state index is 12.6. The number of hydrogen-bond acceptors (Lipinski definition) is 4. The first-order valence-corrected chi connectivity index (χ1v) is 9.17. The van der Waals surface area contributed by atoms with E-state index in [1.54, 1.807) is 0 Å². The number of hydrogen-bond donors (Lipinski definition) is 0. The van der Waals surface area contributed by atoms with Crippen LogP contribution in [0.1, 0.15) is 28.5 Å². The van der Waals surface area contributed by atoms with Gasteiger partial charge in [0.2, 0.25) is 0 Å². The zero-order valence-electron chi connectivity index (χ0n) is 15.6. The van der Waals surface area contributed by atoms with Crippen molar-refractivity contribution in [2.45, 2.75) is 26.6 Å². The SMILES string of the molecule is Cc1cccn2cc(COc3ccc(C(=O)N4CCOC(C)C4)cc3)nc12. The number of aryl methyl sites for hydroxylation is 1. The maximum absolute atomic E-state index is 12.6. The molecule has 4 rings (SSSR count). The lowest BCUT2D eigenvalue weighted by Crippen LogP contribution is -2.44. The van der Waals surface area contributed by atoms with Crippen molar-refractivity contribution in [2.75, 3.05) is 19.7 Å². The molecule has 1 fully saturated rings. The second-order valence-corrected chi connectivity index (χ2v) is 6.90. The molecule has 6 heteroatoms. The molecule has 1 unspecified atom stereocenters. The highest BCUT2D eigenvalue weighted by Crippen LogP contribution is 2.17. The van der Waals surface area contributed by atoms with E-state index in [2.05, 4.69) is 4.98 Å². The van der Waals surface area contributed by atoms with E-state index in [1.165, 1.54) is 0 Å². The minimum atomic E-state index is 0.0347. The van der Waals surface area contributed by atoms with Gasteiger partial charge in [0.25, 0.3) is 5.91 Å². The predicted molar refractivity (Wildman–Crippen MR) is 102 cm³/mol. The fourth-order valence-electron chi connectivity index (χ4n) is 3.31. The molecule has 140 valence electrons. The summed E-state index contributed by atoms with van der Waals surface area (Å²) in [5, 5.41) is 0. The average molecular weight is 365 g/mol. The summed E-state index contributed by atoms with van der Waals surface area (Å²) in [6.45, 7) is 6.26. The minimum absolute atomic E-state index is 0.0347. The van der Waals surface area contributed by atoms with Gasteiger partial charge in [0.15, 0.2) is 0 Å². The van der Waals surface area contributed by atoms with E-state index in [1.807, 2.05) is 71.9 Å². The molecule has 0 radical (unpaired) electrons. The number of imidazole rings is 1. The fraction of sp³-hybridized carbons (Fsp3) is 0.333. The molecule has 1 aliphatic heterocycles. The lowest BCUT2D eigenvalue weighted by Gasteiger charge is -2.31. The van der Waals surface area contributed by atoms with Gasteiger partial charge in [-0.25, -0.2) is 4.98 Å². The van der Waals surface area contributed by atoms with Crippen molar-refractivity contribution in [1.29, 1.82) is 0 Å². The number of nitrogens with zero attached hydrogens (tertiary/aromatic N) is 3. The third kappa shape index (κ3) is 3.80. The molecule has 0 N–H and O–H groups in total. The van der Waals surface area contributed by atoms with Crippen LogP contribution in [0.4, 0.5) is 0 Å². The Morgan fingerprint density at radius 3 is 2.85 bits per heavy atom. The topological polar surface area (TPSA) is 56.1 Å². The van der Waals surface area contributed by atoms with Gasteiger partial charge in [-0.1, -0.05) is 6.07 Å². The highest BCUT2D eigenvalue weighted by molar-refractivity contribution is 5.94. The minimum Gasteiger partial charge on any atom is -0.487 e. The molecule has 0 aliphatic carbocycles. The normalized spacial score (nSPS) is 17.3. The predicted octanol–water partition coefficient (Wildman–Crippen LogP) is 3.08. The van der Waals surface area contributed by atoms with Crippen molar-refractivity contribution in [3.05, 3.63) is 65.6 Å². The van der Waals surface area contributed by atoms with E-state index >= 15 is 0 Å². The molecule has 1 atom stereocenters. The number of amides is 1. The van der Waals surface area contributed by atoms with Crippen molar-refractivity contribution in [2.24, 2.45) is 0 Å². The van der Waals surface area contributed by atoms with Crippen molar-refractivity contribution >= 4 is 11.6 Å². The van der Waals surface area contributed by atoms with Gasteiger partial charge in [-0.2, -0.15) is 0 Å². The number of carbonyl (C=O) groups is 1. The number of carbonyl (C=O) groups excluding carboxylic acids is 1. The third-order valence-electron chi connectivity index (χ3n) is 4.74. The van der Waals surface area contributed by atoms with Crippen LogP contribution < -0.4 is 4.74 Å². The van der Waals surface area contributed by atoms with Crippen LogP contribution in [0.15, 0.2) is 48.8 Å². The van der Waals surface area contributed by atoms with E-state index < -0.39 is 0 Å². The number of benzene rings is 1. The molecule has 1 saturated heterocycles. The van der Waals surface area contributed by atoms with E-state index in [4.69, 9.17) is 9.47 Å². The summed E-state index contributed by atoms with van der Waals surface area (Å²) in [5.74, 6) is 0.753. The fourth-order valence-corrected chi connectivity index (χ4v) is 3.31. The molecule has 27 heavy (non-hydrogen) atoms. The van der Waals surface area contributed by atoms with Gasteiger partial charge >= 0.3 is 0 Å². The van der Waals surface area contributed by atoms with Gasteiger partial charge in [0.1, 0.15) is 18.0 Å². The second-order valence-electron chi connectivity index (χ2n) is 6.90. The first-order chi connectivity index (χ1) is 13.1. The molecule has 3 aromatic rings. The molecule has 1 amide bonds. The number of aromatic nitrogens is 2. The summed E-state index contributed by atoms with van der Waals surface area (Å²) in [7, 11) is 0. The Hall–Kier alpha value is -2.86. The standard InChI is InChI=1S/C21H23N3O3/c1-15-4-3-9-23-13-18(22-20(15)23)14-27-19-7-5-17(6-8-19)21(25)24-10-11-26-16(2)12-24/h3-9,13,16H,10-12,14H2,1-2H3. The Labute approximate surface area is 158 Å². The molecule has 0 saturated carbocycles. The quantitative estimate of drug-likeness (QED) is 0.713. The van der Waals surface area contributed by atoms with Crippen LogP contribution in [0, 0.1) is 6.92 Å². The molecule has 2 aromatic heterocycles. The number of morpholine rings is 1. The van der Waals surface area contributed by atoms with E-state index in [0.717, 1.165) is 22.7 Å². The molecular weight excluding hydrogens is 342 g/mol. The van der Waals surface area contributed by atoms with Crippen LogP contribution in [0.25, 0.3) is 5.65 Å². The first-order valence-electron chi connectivity index (χ1n) is 9.17. The van der Waals surface area contributed by atoms with Gasteiger partial charge in [0, 0.05) is 31.0 Å². The lowest BCUT2D eigenvalue weighted by molar-refractivity contribution is -0.0124. The zero-order chi connectivity index (χ0) is 18.8. The van der Waals surface area contributed by atoms with Crippen LogP contribution >= 0.6 is 0 Å². The van der Waals surface area contributed by atoms with Crippen LogP contribution in [0.3, 0.4) is 0 Å². The summed E-state index contributed by atoms with van der Waals surface area (Å²) in [5.41, 5.74) is 3.60. The Balaban J connectivity index is 1.40. The molecule has 0 spiro atoms. The van der Waals surface area contributed by atoms with Crippen LogP contribution in [-0.4, -0.2) is 46.0 Å². The van der Waals surface area contributed by atoms with Crippen LogP contribution in [-0.2, 0) is 11.3 Å². The summed E-state index contributed by atoms with van der Waals surface area (Å²) in [6.07, 6.45) is 4.03. The second kappa shape index (κ2) is 7.40. The molecule has 0 bridgehead atoms. The Morgan fingerprint density at radius 1 is 1.30 bits per heavy atom. The lowest BCUT2D eigenvalue weighted by atomic mass is 10.1. The van der Waals surface area contributed by atoms with Crippen molar-refractivity contribution in [3.63, 3.8) is 0 Å². The Bertz CT molecular complexity index is 949. The van der Waals surface area contributed by atoms with Gasteiger partial charge in [-0.15, -0.1) is 0 Å². The summed E-state index contributed by atoms with van der Waals surface area (Å²) < 4.78 is 13.3. The van der Waals surface area contributed by atoms with Crippen LogP contribution in [0.5, 0.6) is 5.75 Å². The van der Waals surface area contributed by atoms with Gasteiger partial charge in [-0.05, 0) is 49.7 Å². The third-order valence-corrected chi connectivity index (χ3v) is 4.74. The van der Waals surface area contributed by atoms with E-state index in [0.29, 0.717) is 31.9 Å². The highest BCUT2D eigenvalue weighted by atomic mass is 16.5. The van der Waals surface area contributed by atoms with E-state index in [9.17, 15) is 4.79 Å². The Morgan fingerprint density at radius 2 is 2.11 bits per heavy atom. The van der Waals surface area contributed by atoms with Gasteiger partial charge in [0.05, 0.1) is 18.4 Å². The van der Waals surface area contributed by atoms with Crippen molar-refractivity contribution in [1.82, 2.24) is 14.3 Å². The summed E-state index contributed by atoms with van der Waals surface area (Å²) >= 11 is 0. The van der Waals surface area contributed by atoms with Crippen molar-refractivity contribution < 1.29 is 14.3 Å². The smallest absolute Gasteiger partial charge is 0.254 e. The van der Waals surface area contributed by atoms with Gasteiger partial charge in [-0.3, -0.25) is 4.79 Å². The molecule has 3 heterocycles. The molecular formula is C21H23N3O3. The summed E-state index contributed by atoms with van der Waals surface area (Å²) in [6, 6.07) is 11.3. The van der Waals surface area contributed by atoms with Crippen molar-refractivity contribution in [3.8, 4) is 5.75 Å². The van der Waals surface area contributed by atoms with E-state index in [-0.39, 0.29) is 12.0 Å². The maximum Gasteiger partial charge on any atom is 0.254 e. The number of ether oxygens (including phenoxy) is 2. The van der Waals surface area contributed by atoms with Gasteiger partial charge < -0.3 is 18.8 Å². The largest absolute Gasteiger partial charge is 0.487 e. The van der Waals surface area contributed by atoms with Crippen LogP contribution in [0.2, 0.25) is 0 Å². The summed E-state index contributed by atoms with van der Waals surface area (Å²) in [4.78, 5) is 19.0.